The average Bonchev–Trinajstić information content (AvgIpc) is 2.92. The van der Waals surface area contributed by atoms with Gasteiger partial charge in [-0.3, -0.25) is 4.79 Å². The van der Waals surface area contributed by atoms with Gasteiger partial charge in [0, 0.05) is 0 Å². The zero-order valence-electron chi connectivity index (χ0n) is 11.4. The summed E-state index contributed by atoms with van der Waals surface area (Å²) < 4.78 is 5.06. The van der Waals surface area contributed by atoms with Gasteiger partial charge >= 0.3 is 0 Å². The smallest absolute Gasteiger partial charge is 0.287 e. The number of carbonyl (C=O) groups excluding carboxylic acids is 1. The van der Waals surface area contributed by atoms with Gasteiger partial charge in [-0.2, -0.15) is 0 Å². The number of aliphatic hydroxyl groups is 1. The molecule has 0 aliphatic heterocycles. The van der Waals surface area contributed by atoms with Crippen LogP contribution in [0, 0.1) is 0 Å². The molecule has 0 radical (unpaired) electrons. The van der Waals surface area contributed by atoms with Crippen LogP contribution in [0.4, 0.5) is 0 Å². The van der Waals surface area contributed by atoms with Gasteiger partial charge < -0.3 is 14.8 Å². The predicted octanol–water partition coefficient (Wildman–Crippen LogP) is 2.89. The van der Waals surface area contributed by atoms with E-state index in [4.69, 9.17) is 16.0 Å². The van der Waals surface area contributed by atoms with Crippen molar-refractivity contribution >= 4 is 17.5 Å². The first kappa shape index (κ1) is 14.2. The number of furan rings is 1. The monoisotopic (exact) mass is 305 g/mol. The van der Waals surface area contributed by atoms with Crippen LogP contribution < -0.4 is 5.32 Å². The van der Waals surface area contributed by atoms with E-state index in [2.05, 4.69) is 5.32 Å². The van der Waals surface area contributed by atoms with E-state index in [1.165, 1.54) is 12.1 Å². The van der Waals surface area contributed by atoms with Crippen molar-refractivity contribution in [3.63, 3.8) is 0 Å². The van der Waals surface area contributed by atoms with E-state index in [-0.39, 0.29) is 23.4 Å². The molecule has 1 unspecified atom stereocenters. The molecule has 1 amide bonds. The van der Waals surface area contributed by atoms with E-state index in [9.17, 15) is 9.90 Å². The fourth-order valence-electron chi connectivity index (χ4n) is 2.83. The highest BCUT2D eigenvalue weighted by Gasteiger charge is 2.34. The summed E-state index contributed by atoms with van der Waals surface area (Å²) in [4.78, 5) is 12.0. The first-order valence-electron chi connectivity index (χ1n) is 6.93. The number of nitrogens with one attached hydrogen (secondary N) is 1. The Morgan fingerprint density at radius 1 is 1.33 bits per heavy atom. The zero-order chi connectivity index (χ0) is 14.9. The Bertz CT molecular complexity index is 667. The Morgan fingerprint density at radius 2 is 2.14 bits per heavy atom. The van der Waals surface area contributed by atoms with Crippen LogP contribution in [0.1, 0.15) is 34.5 Å². The van der Waals surface area contributed by atoms with Gasteiger partial charge in [-0.15, -0.1) is 0 Å². The summed E-state index contributed by atoms with van der Waals surface area (Å²) >= 11 is 5.65. The van der Waals surface area contributed by atoms with E-state index >= 15 is 0 Å². The summed E-state index contributed by atoms with van der Waals surface area (Å²) in [7, 11) is 0. The predicted molar refractivity (Wildman–Crippen MR) is 79.3 cm³/mol. The number of amides is 1. The molecule has 1 aliphatic rings. The molecule has 5 heteroatoms. The third-order valence-corrected chi connectivity index (χ3v) is 4.10. The second kappa shape index (κ2) is 5.54. The second-order valence-corrected chi connectivity index (χ2v) is 5.70. The normalized spacial score (nSPS) is 20.9. The molecular weight excluding hydrogens is 290 g/mol. The first-order chi connectivity index (χ1) is 10.1. The highest BCUT2D eigenvalue weighted by atomic mass is 35.5. The standard InChI is InChI=1S/C16H16ClNO3/c17-14-8-7-13(21-14)15(19)18-10-16(20)9-3-5-11-4-1-2-6-12(11)16/h1-2,4,6-8,20H,3,5,9-10H2,(H,18,19). The molecule has 21 heavy (non-hydrogen) atoms. The lowest BCUT2D eigenvalue weighted by Gasteiger charge is -2.34. The Hall–Kier alpha value is -1.78. The minimum absolute atomic E-state index is 0.146. The summed E-state index contributed by atoms with van der Waals surface area (Å²) in [6.45, 7) is 0.154. The Balaban J connectivity index is 1.74. The van der Waals surface area contributed by atoms with E-state index in [1.807, 2.05) is 24.3 Å². The maximum absolute atomic E-state index is 12.0. The van der Waals surface area contributed by atoms with Gasteiger partial charge in [0.15, 0.2) is 11.0 Å². The second-order valence-electron chi connectivity index (χ2n) is 5.33. The minimum Gasteiger partial charge on any atom is -0.440 e. The van der Waals surface area contributed by atoms with Crippen LogP contribution in [0.15, 0.2) is 40.8 Å². The molecule has 0 fully saturated rings. The van der Waals surface area contributed by atoms with Crippen molar-refractivity contribution in [1.82, 2.24) is 5.32 Å². The van der Waals surface area contributed by atoms with Gasteiger partial charge in [-0.05, 0) is 54.1 Å². The van der Waals surface area contributed by atoms with Crippen LogP contribution >= 0.6 is 11.6 Å². The molecule has 1 aromatic carbocycles. The lowest BCUT2D eigenvalue weighted by molar-refractivity contribution is 0.0186. The number of hydrogen-bond donors (Lipinski definition) is 2. The zero-order valence-corrected chi connectivity index (χ0v) is 12.2. The lowest BCUT2D eigenvalue weighted by atomic mass is 9.79. The Morgan fingerprint density at radius 3 is 2.90 bits per heavy atom. The maximum atomic E-state index is 12.0. The van der Waals surface area contributed by atoms with E-state index in [0.717, 1.165) is 24.0 Å². The van der Waals surface area contributed by atoms with Crippen molar-refractivity contribution in [1.29, 1.82) is 0 Å². The first-order valence-corrected chi connectivity index (χ1v) is 7.31. The van der Waals surface area contributed by atoms with Crippen LogP contribution in [0.2, 0.25) is 5.22 Å². The molecule has 0 saturated carbocycles. The van der Waals surface area contributed by atoms with Crippen molar-refractivity contribution in [2.75, 3.05) is 6.54 Å². The number of carbonyl (C=O) groups is 1. The van der Waals surface area contributed by atoms with Crippen LogP contribution in [-0.2, 0) is 12.0 Å². The Labute approximate surface area is 127 Å². The quantitative estimate of drug-likeness (QED) is 0.916. The summed E-state index contributed by atoms with van der Waals surface area (Å²) in [5.74, 6) is -0.230. The molecule has 1 aromatic heterocycles. The van der Waals surface area contributed by atoms with Gasteiger partial charge in [0.25, 0.3) is 5.91 Å². The molecule has 0 bridgehead atoms. The molecule has 2 aromatic rings. The molecule has 2 N–H and O–H groups in total. The molecule has 4 nitrogen and oxygen atoms in total. The van der Waals surface area contributed by atoms with Crippen LogP contribution in [-0.4, -0.2) is 17.6 Å². The van der Waals surface area contributed by atoms with Gasteiger partial charge in [-0.1, -0.05) is 24.3 Å². The van der Waals surface area contributed by atoms with Gasteiger partial charge in [-0.25, -0.2) is 0 Å². The molecule has 0 spiro atoms. The highest BCUT2D eigenvalue weighted by Crippen LogP contribution is 2.34. The average molecular weight is 306 g/mol. The van der Waals surface area contributed by atoms with Crippen molar-refractivity contribution in [3.8, 4) is 0 Å². The third kappa shape index (κ3) is 2.82. The van der Waals surface area contributed by atoms with E-state index in [0.29, 0.717) is 6.42 Å². The molecule has 0 saturated heterocycles. The third-order valence-electron chi connectivity index (χ3n) is 3.89. The number of hydrogen-bond acceptors (Lipinski definition) is 3. The number of halogens is 1. The van der Waals surface area contributed by atoms with Crippen molar-refractivity contribution in [2.45, 2.75) is 24.9 Å². The molecule has 110 valence electrons. The molecule has 1 aliphatic carbocycles. The van der Waals surface area contributed by atoms with Gasteiger partial charge in [0.2, 0.25) is 0 Å². The fourth-order valence-corrected chi connectivity index (χ4v) is 2.98. The van der Waals surface area contributed by atoms with Crippen LogP contribution in [0.25, 0.3) is 0 Å². The number of fused-ring (bicyclic) bond motifs is 1. The molecule has 1 atom stereocenters. The van der Waals surface area contributed by atoms with Crippen molar-refractivity contribution < 1.29 is 14.3 Å². The van der Waals surface area contributed by atoms with Crippen molar-refractivity contribution in [2.24, 2.45) is 0 Å². The summed E-state index contributed by atoms with van der Waals surface area (Å²) in [6, 6.07) is 10.8. The highest BCUT2D eigenvalue weighted by molar-refractivity contribution is 6.29. The van der Waals surface area contributed by atoms with Crippen LogP contribution in [0.3, 0.4) is 0 Å². The van der Waals surface area contributed by atoms with Crippen LogP contribution in [0.5, 0.6) is 0 Å². The van der Waals surface area contributed by atoms with Gasteiger partial charge in [0.1, 0.15) is 5.60 Å². The number of rotatable bonds is 3. The van der Waals surface area contributed by atoms with E-state index < -0.39 is 5.60 Å². The summed E-state index contributed by atoms with van der Waals surface area (Å²) in [5, 5.41) is 13.7. The van der Waals surface area contributed by atoms with Crippen molar-refractivity contribution in [3.05, 3.63) is 58.5 Å². The molecule has 3 rings (SSSR count). The number of benzene rings is 1. The van der Waals surface area contributed by atoms with E-state index in [1.54, 1.807) is 0 Å². The fraction of sp³-hybridized carbons (Fsp3) is 0.312. The lowest BCUT2D eigenvalue weighted by Crippen LogP contribution is -2.42. The number of aryl methyl sites for hydroxylation is 1. The molecule has 1 heterocycles. The largest absolute Gasteiger partial charge is 0.440 e. The maximum Gasteiger partial charge on any atom is 0.287 e. The minimum atomic E-state index is -1.03. The summed E-state index contributed by atoms with van der Waals surface area (Å²) in [5.41, 5.74) is 1.01. The SMILES string of the molecule is O=C(NCC1(O)CCCc2ccccc21)c1ccc(Cl)o1. The Kier molecular flexibility index (Phi) is 3.74. The topological polar surface area (TPSA) is 62.5 Å². The molecular formula is C16H16ClNO3. The van der Waals surface area contributed by atoms with Gasteiger partial charge in [0.05, 0.1) is 6.54 Å². The summed E-state index contributed by atoms with van der Waals surface area (Å²) in [6.07, 6.45) is 2.49.